The molecule has 0 aliphatic carbocycles. The van der Waals surface area contributed by atoms with Crippen LogP contribution < -0.4 is 15.4 Å². The van der Waals surface area contributed by atoms with E-state index in [1.807, 2.05) is 6.07 Å². The molecule has 1 heterocycles. The molecule has 2 rings (SSSR count). The molecule has 0 radical (unpaired) electrons. The molecule has 1 aromatic carbocycles. The number of nitrogens with one attached hydrogen (secondary N) is 2. The van der Waals surface area contributed by atoms with Gasteiger partial charge < -0.3 is 10.1 Å². The van der Waals surface area contributed by atoms with Crippen LogP contribution in [0.1, 0.15) is 0 Å². The summed E-state index contributed by atoms with van der Waals surface area (Å²) in [6.45, 7) is 0. The van der Waals surface area contributed by atoms with Gasteiger partial charge >= 0.3 is 6.09 Å². The predicted octanol–water partition coefficient (Wildman–Crippen LogP) is 2.18. The fourth-order valence-corrected chi connectivity index (χ4v) is 1.39. The number of nitrogens with zero attached hydrogens (tertiary/aromatic N) is 3. The molecule has 0 saturated carbocycles. The van der Waals surface area contributed by atoms with Crippen LogP contribution >= 0.6 is 11.6 Å². The molecule has 2 aromatic rings. The molecule has 1 aromatic heterocycles. The van der Waals surface area contributed by atoms with Crippen molar-refractivity contribution in [3.8, 4) is 5.75 Å². The van der Waals surface area contributed by atoms with Crippen molar-refractivity contribution in [1.29, 1.82) is 0 Å². The van der Waals surface area contributed by atoms with E-state index in [4.69, 9.17) is 16.3 Å². The van der Waals surface area contributed by atoms with E-state index in [-0.39, 0.29) is 17.2 Å². The van der Waals surface area contributed by atoms with Crippen molar-refractivity contribution in [3.63, 3.8) is 0 Å². The summed E-state index contributed by atoms with van der Waals surface area (Å²) in [5.41, 5.74) is 0. The molecule has 0 bridgehead atoms. The lowest BCUT2D eigenvalue weighted by molar-refractivity contribution is 0.215. The van der Waals surface area contributed by atoms with E-state index in [1.165, 1.54) is 0 Å². The molecule has 0 fully saturated rings. The van der Waals surface area contributed by atoms with E-state index in [0.717, 1.165) is 0 Å². The minimum atomic E-state index is -0.712. The average Bonchev–Trinajstić information content (AvgIpc) is 2.38. The molecule has 19 heavy (non-hydrogen) atoms. The minimum absolute atomic E-state index is 0.00489. The molecular formula is C11H10ClN5O2. The molecule has 98 valence electrons. The lowest BCUT2D eigenvalue weighted by Crippen LogP contribution is -2.19. The highest BCUT2D eigenvalue weighted by molar-refractivity contribution is 6.28. The zero-order valence-electron chi connectivity index (χ0n) is 9.92. The van der Waals surface area contributed by atoms with Gasteiger partial charge in [-0.25, -0.2) is 4.79 Å². The quantitative estimate of drug-likeness (QED) is 0.895. The average molecular weight is 280 g/mol. The van der Waals surface area contributed by atoms with Gasteiger partial charge in [0, 0.05) is 7.05 Å². The Labute approximate surface area is 114 Å². The molecule has 7 nitrogen and oxygen atoms in total. The summed E-state index contributed by atoms with van der Waals surface area (Å²) < 4.78 is 5.02. The van der Waals surface area contributed by atoms with E-state index >= 15 is 0 Å². The van der Waals surface area contributed by atoms with Crippen molar-refractivity contribution >= 4 is 29.6 Å². The van der Waals surface area contributed by atoms with Crippen LogP contribution in [0.25, 0.3) is 0 Å². The Hall–Kier alpha value is -2.41. The third-order valence-electron chi connectivity index (χ3n) is 2.00. The molecule has 8 heteroatoms. The molecular weight excluding hydrogens is 270 g/mol. The molecule has 0 atom stereocenters. The Bertz CT molecular complexity index is 579. The molecule has 1 amide bonds. The van der Waals surface area contributed by atoms with Gasteiger partial charge in [-0.2, -0.15) is 15.0 Å². The molecule has 0 unspecified atom stereocenters. The van der Waals surface area contributed by atoms with E-state index in [1.54, 1.807) is 31.3 Å². The summed E-state index contributed by atoms with van der Waals surface area (Å²) in [5.74, 6) is 0.661. The molecule has 0 aliphatic rings. The third-order valence-corrected chi connectivity index (χ3v) is 2.17. The highest BCUT2D eigenvalue weighted by Gasteiger charge is 2.09. The maximum atomic E-state index is 11.6. The van der Waals surface area contributed by atoms with Gasteiger partial charge in [0.25, 0.3) is 0 Å². The molecule has 0 saturated heterocycles. The maximum absolute atomic E-state index is 11.6. The number of ether oxygens (including phenoxy) is 1. The number of rotatable bonds is 3. The second kappa shape index (κ2) is 5.96. The van der Waals surface area contributed by atoms with Crippen molar-refractivity contribution in [1.82, 2.24) is 15.0 Å². The lowest BCUT2D eigenvalue weighted by Gasteiger charge is -2.06. The van der Waals surface area contributed by atoms with Gasteiger partial charge in [0.05, 0.1) is 0 Å². The van der Waals surface area contributed by atoms with Gasteiger partial charge in [-0.1, -0.05) is 18.2 Å². The number of hydrogen-bond acceptors (Lipinski definition) is 6. The van der Waals surface area contributed by atoms with E-state index in [0.29, 0.717) is 5.75 Å². The van der Waals surface area contributed by atoms with Crippen LogP contribution in [0.2, 0.25) is 5.28 Å². The van der Waals surface area contributed by atoms with Gasteiger partial charge in [-0.05, 0) is 23.7 Å². The maximum Gasteiger partial charge on any atom is 0.419 e. The van der Waals surface area contributed by atoms with Crippen LogP contribution in [-0.4, -0.2) is 28.1 Å². The van der Waals surface area contributed by atoms with Gasteiger partial charge in [0.1, 0.15) is 5.75 Å². The van der Waals surface area contributed by atoms with Crippen LogP contribution in [-0.2, 0) is 0 Å². The largest absolute Gasteiger partial charge is 0.419 e. The Balaban J connectivity index is 2.05. The van der Waals surface area contributed by atoms with Crippen LogP contribution in [0.5, 0.6) is 5.75 Å². The van der Waals surface area contributed by atoms with E-state index in [9.17, 15) is 4.79 Å². The number of aromatic nitrogens is 3. The highest BCUT2D eigenvalue weighted by atomic mass is 35.5. The first-order valence-electron chi connectivity index (χ1n) is 5.30. The zero-order chi connectivity index (χ0) is 13.7. The van der Waals surface area contributed by atoms with Crippen molar-refractivity contribution in [2.24, 2.45) is 0 Å². The normalized spacial score (nSPS) is 9.79. The summed E-state index contributed by atoms with van der Waals surface area (Å²) in [7, 11) is 1.62. The van der Waals surface area contributed by atoms with Gasteiger partial charge in [-0.3, -0.25) is 5.32 Å². The van der Waals surface area contributed by atoms with Crippen LogP contribution in [0, 0.1) is 0 Å². The topological polar surface area (TPSA) is 89.0 Å². The smallest absolute Gasteiger partial charge is 0.410 e. The molecule has 0 spiro atoms. The second-order valence-electron chi connectivity index (χ2n) is 3.33. The van der Waals surface area contributed by atoms with E-state index < -0.39 is 6.09 Å². The number of hydrogen-bond donors (Lipinski definition) is 2. The predicted molar refractivity (Wildman–Crippen MR) is 70.5 cm³/mol. The van der Waals surface area contributed by atoms with Crippen molar-refractivity contribution in [3.05, 3.63) is 35.6 Å². The van der Waals surface area contributed by atoms with Gasteiger partial charge in [0.15, 0.2) is 0 Å². The number of para-hydroxylation sites is 1. The van der Waals surface area contributed by atoms with Crippen LogP contribution in [0.15, 0.2) is 30.3 Å². The minimum Gasteiger partial charge on any atom is -0.410 e. The van der Waals surface area contributed by atoms with Crippen molar-refractivity contribution < 1.29 is 9.53 Å². The first-order chi connectivity index (χ1) is 9.17. The summed E-state index contributed by atoms with van der Waals surface area (Å²) in [5, 5.41) is 5.02. The molecule has 2 N–H and O–H groups in total. The third kappa shape index (κ3) is 3.78. The number of benzene rings is 1. The Morgan fingerprint density at radius 3 is 2.53 bits per heavy atom. The zero-order valence-corrected chi connectivity index (χ0v) is 10.7. The van der Waals surface area contributed by atoms with Gasteiger partial charge in [-0.15, -0.1) is 0 Å². The van der Waals surface area contributed by atoms with Crippen molar-refractivity contribution in [2.45, 2.75) is 0 Å². The monoisotopic (exact) mass is 279 g/mol. The van der Waals surface area contributed by atoms with Crippen LogP contribution in [0.3, 0.4) is 0 Å². The SMILES string of the molecule is CNc1nc(Cl)nc(NC(=O)Oc2ccccc2)n1. The number of carbonyl (C=O) groups is 1. The highest BCUT2D eigenvalue weighted by Crippen LogP contribution is 2.11. The van der Waals surface area contributed by atoms with Crippen molar-refractivity contribution in [2.75, 3.05) is 17.7 Å². The Kier molecular flexibility index (Phi) is 4.09. The van der Waals surface area contributed by atoms with Gasteiger partial charge in [0.2, 0.25) is 17.2 Å². The standard InChI is InChI=1S/C11H10ClN5O2/c1-13-9-14-8(12)15-10(16-9)17-11(18)19-7-5-3-2-4-6-7/h2-6H,1H3,(H2,13,14,15,16,17,18). The number of anilines is 2. The van der Waals surface area contributed by atoms with Crippen LogP contribution in [0.4, 0.5) is 16.7 Å². The fourth-order valence-electron chi connectivity index (χ4n) is 1.23. The fraction of sp³-hybridized carbons (Fsp3) is 0.0909. The number of carbonyl (C=O) groups excluding carboxylic acids is 1. The lowest BCUT2D eigenvalue weighted by atomic mass is 10.3. The Morgan fingerprint density at radius 2 is 1.84 bits per heavy atom. The first-order valence-corrected chi connectivity index (χ1v) is 5.68. The summed E-state index contributed by atoms with van der Waals surface area (Å²) >= 11 is 5.68. The summed E-state index contributed by atoms with van der Waals surface area (Å²) in [6, 6.07) is 8.62. The molecule has 0 aliphatic heterocycles. The second-order valence-corrected chi connectivity index (χ2v) is 3.67. The number of amides is 1. The number of halogens is 1. The summed E-state index contributed by atoms with van der Waals surface area (Å²) in [6.07, 6.45) is -0.712. The summed E-state index contributed by atoms with van der Waals surface area (Å²) in [4.78, 5) is 23.0. The first kappa shape index (κ1) is 13.0. The Morgan fingerprint density at radius 1 is 1.16 bits per heavy atom. The van der Waals surface area contributed by atoms with E-state index in [2.05, 4.69) is 25.6 Å².